The van der Waals surface area contributed by atoms with Gasteiger partial charge in [0, 0.05) is 0 Å². The summed E-state index contributed by atoms with van der Waals surface area (Å²) in [4.78, 5) is 0. The number of hydrogen-bond donors (Lipinski definition) is 0. The van der Waals surface area contributed by atoms with Gasteiger partial charge in [-0.15, -0.1) is 0 Å². The second-order valence-corrected chi connectivity index (χ2v) is 4.68. The number of hydrogen-bond acceptors (Lipinski definition) is 0. The Kier molecular flexibility index (Phi) is 5.28. The Morgan fingerprint density at radius 1 is 1.08 bits per heavy atom. The van der Waals surface area contributed by atoms with Crippen molar-refractivity contribution >= 4 is 0 Å². The zero-order chi connectivity index (χ0) is 9.72. The summed E-state index contributed by atoms with van der Waals surface area (Å²) >= 11 is 0. The zero-order valence-electron chi connectivity index (χ0n) is 9.52. The predicted octanol–water partition coefficient (Wildman–Crippen LogP) is 4.27. The van der Waals surface area contributed by atoms with Crippen molar-refractivity contribution in [2.45, 2.75) is 48.0 Å². The average Bonchev–Trinajstić information content (AvgIpc) is 1.84. The van der Waals surface area contributed by atoms with Gasteiger partial charge in [0.15, 0.2) is 0 Å². The zero-order valence-corrected chi connectivity index (χ0v) is 9.52. The summed E-state index contributed by atoms with van der Waals surface area (Å²) in [5, 5.41) is 0. The fraction of sp³-hybridized carbons (Fsp3) is 0.833. The minimum absolute atomic E-state index is 0.743. The van der Waals surface area contributed by atoms with Crippen molar-refractivity contribution < 1.29 is 0 Å². The molecule has 0 aliphatic carbocycles. The van der Waals surface area contributed by atoms with Crippen LogP contribution >= 0.6 is 0 Å². The SMILES string of the molecule is CC(C)=C[C@H](C)C[C@H](C)C(C)C. The van der Waals surface area contributed by atoms with E-state index in [1.165, 1.54) is 12.0 Å². The highest BCUT2D eigenvalue weighted by atomic mass is 14.2. The third-order valence-corrected chi connectivity index (χ3v) is 2.50. The van der Waals surface area contributed by atoms with E-state index in [2.05, 4.69) is 47.6 Å². The third-order valence-electron chi connectivity index (χ3n) is 2.50. The van der Waals surface area contributed by atoms with Crippen molar-refractivity contribution in [1.29, 1.82) is 0 Å². The Labute approximate surface area is 78.1 Å². The Morgan fingerprint density at radius 3 is 1.92 bits per heavy atom. The van der Waals surface area contributed by atoms with Crippen LogP contribution in [0.2, 0.25) is 0 Å². The van der Waals surface area contributed by atoms with Crippen LogP contribution in [0.1, 0.15) is 48.0 Å². The number of rotatable bonds is 4. The van der Waals surface area contributed by atoms with E-state index in [0.29, 0.717) is 0 Å². The quantitative estimate of drug-likeness (QED) is 0.550. The lowest BCUT2D eigenvalue weighted by Crippen LogP contribution is -2.07. The molecule has 0 heterocycles. The summed E-state index contributed by atoms with van der Waals surface area (Å²) in [6, 6.07) is 0. The lowest BCUT2D eigenvalue weighted by Gasteiger charge is -2.18. The van der Waals surface area contributed by atoms with Gasteiger partial charge in [-0.05, 0) is 38.0 Å². The fourth-order valence-corrected chi connectivity index (χ4v) is 1.50. The van der Waals surface area contributed by atoms with Gasteiger partial charge in [0.2, 0.25) is 0 Å². The smallest absolute Gasteiger partial charge is 0.0257 e. The van der Waals surface area contributed by atoms with Gasteiger partial charge in [0.25, 0.3) is 0 Å². The molecule has 0 rings (SSSR count). The highest BCUT2D eigenvalue weighted by Gasteiger charge is 2.09. The predicted molar refractivity (Wildman–Crippen MR) is 57.2 cm³/mol. The topological polar surface area (TPSA) is 0 Å². The molecule has 0 amide bonds. The molecule has 0 aromatic rings. The first-order valence-corrected chi connectivity index (χ1v) is 5.08. The van der Waals surface area contributed by atoms with Gasteiger partial charge in [-0.25, -0.2) is 0 Å². The van der Waals surface area contributed by atoms with Crippen molar-refractivity contribution in [3.63, 3.8) is 0 Å². The molecule has 0 aliphatic rings. The highest BCUT2D eigenvalue weighted by molar-refractivity contribution is 4.96. The summed E-state index contributed by atoms with van der Waals surface area (Å²) in [5.74, 6) is 2.40. The molecule has 0 radical (unpaired) electrons. The molecule has 72 valence electrons. The fourth-order valence-electron chi connectivity index (χ4n) is 1.50. The standard InChI is InChI=1S/C12H24/c1-9(2)7-11(5)8-12(6)10(3)4/h7,10-12H,8H2,1-6H3/t11-,12-/m0/s1. The first-order chi connectivity index (χ1) is 5.43. The molecule has 12 heavy (non-hydrogen) atoms. The molecular formula is C12H24. The maximum Gasteiger partial charge on any atom is -0.0257 e. The van der Waals surface area contributed by atoms with E-state index >= 15 is 0 Å². The monoisotopic (exact) mass is 168 g/mol. The van der Waals surface area contributed by atoms with E-state index in [-0.39, 0.29) is 0 Å². The van der Waals surface area contributed by atoms with Crippen LogP contribution in [0.15, 0.2) is 11.6 Å². The molecule has 0 bridgehead atoms. The normalized spacial score (nSPS) is 15.9. The molecule has 0 nitrogen and oxygen atoms in total. The van der Waals surface area contributed by atoms with E-state index in [0.717, 1.165) is 17.8 Å². The van der Waals surface area contributed by atoms with Gasteiger partial charge in [0.1, 0.15) is 0 Å². The summed E-state index contributed by atoms with van der Waals surface area (Å²) < 4.78 is 0. The van der Waals surface area contributed by atoms with E-state index in [4.69, 9.17) is 0 Å². The molecule has 0 heteroatoms. The molecule has 0 unspecified atom stereocenters. The largest absolute Gasteiger partial charge is 0.0830 e. The molecule has 0 spiro atoms. The minimum Gasteiger partial charge on any atom is -0.0830 e. The van der Waals surface area contributed by atoms with Gasteiger partial charge in [-0.1, -0.05) is 39.3 Å². The Morgan fingerprint density at radius 2 is 1.58 bits per heavy atom. The Hall–Kier alpha value is -0.260. The first kappa shape index (κ1) is 11.7. The lowest BCUT2D eigenvalue weighted by atomic mass is 9.88. The third kappa shape index (κ3) is 5.40. The van der Waals surface area contributed by atoms with Crippen molar-refractivity contribution in [2.75, 3.05) is 0 Å². The van der Waals surface area contributed by atoms with Gasteiger partial charge in [0.05, 0.1) is 0 Å². The number of allylic oxidation sites excluding steroid dienone is 2. The van der Waals surface area contributed by atoms with Crippen LogP contribution in [0.5, 0.6) is 0 Å². The van der Waals surface area contributed by atoms with Crippen LogP contribution < -0.4 is 0 Å². The molecule has 0 aromatic carbocycles. The van der Waals surface area contributed by atoms with Gasteiger partial charge >= 0.3 is 0 Å². The highest BCUT2D eigenvalue weighted by Crippen LogP contribution is 2.20. The Balaban J connectivity index is 3.84. The molecule has 0 saturated heterocycles. The molecule has 0 aliphatic heterocycles. The minimum atomic E-state index is 0.743. The first-order valence-electron chi connectivity index (χ1n) is 5.08. The van der Waals surface area contributed by atoms with Crippen LogP contribution in [-0.2, 0) is 0 Å². The summed E-state index contributed by atoms with van der Waals surface area (Å²) in [6.07, 6.45) is 3.70. The van der Waals surface area contributed by atoms with E-state index in [1.54, 1.807) is 0 Å². The molecule has 2 atom stereocenters. The van der Waals surface area contributed by atoms with Crippen molar-refractivity contribution in [3.8, 4) is 0 Å². The molecule has 0 fully saturated rings. The van der Waals surface area contributed by atoms with Crippen molar-refractivity contribution in [2.24, 2.45) is 17.8 Å². The van der Waals surface area contributed by atoms with E-state index in [1.807, 2.05) is 0 Å². The molecule has 0 aromatic heterocycles. The van der Waals surface area contributed by atoms with Crippen LogP contribution in [0.4, 0.5) is 0 Å². The summed E-state index contributed by atoms with van der Waals surface area (Å²) in [6.45, 7) is 13.6. The van der Waals surface area contributed by atoms with Gasteiger partial charge in [-0.2, -0.15) is 0 Å². The average molecular weight is 168 g/mol. The second kappa shape index (κ2) is 5.40. The Bertz CT molecular complexity index is 138. The second-order valence-electron chi connectivity index (χ2n) is 4.68. The van der Waals surface area contributed by atoms with Crippen molar-refractivity contribution in [1.82, 2.24) is 0 Å². The van der Waals surface area contributed by atoms with Crippen LogP contribution in [0.3, 0.4) is 0 Å². The van der Waals surface area contributed by atoms with Gasteiger partial charge < -0.3 is 0 Å². The maximum absolute atomic E-state index is 2.37. The van der Waals surface area contributed by atoms with Gasteiger partial charge in [-0.3, -0.25) is 0 Å². The van der Waals surface area contributed by atoms with E-state index in [9.17, 15) is 0 Å². The molecule has 0 saturated carbocycles. The van der Waals surface area contributed by atoms with Crippen LogP contribution in [0, 0.1) is 17.8 Å². The van der Waals surface area contributed by atoms with Crippen molar-refractivity contribution in [3.05, 3.63) is 11.6 Å². The van der Waals surface area contributed by atoms with Crippen LogP contribution in [0.25, 0.3) is 0 Å². The summed E-state index contributed by atoms with van der Waals surface area (Å²) in [7, 11) is 0. The lowest BCUT2D eigenvalue weighted by molar-refractivity contribution is 0.358. The van der Waals surface area contributed by atoms with Crippen LogP contribution in [-0.4, -0.2) is 0 Å². The van der Waals surface area contributed by atoms with E-state index < -0.39 is 0 Å². The summed E-state index contributed by atoms with van der Waals surface area (Å²) in [5.41, 5.74) is 1.44. The molecule has 0 N–H and O–H groups in total. The maximum atomic E-state index is 2.37. The molecular weight excluding hydrogens is 144 g/mol.